The fourth-order valence-corrected chi connectivity index (χ4v) is 1.46. The Morgan fingerprint density at radius 3 is 2.56 bits per heavy atom. The molecule has 2 rings (SSSR count). The second-order valence-electron chi connectivity index (χ2n) is 3.07. The van der Waals surface area contributed by atoms with E-state index in [4.69, 9.17) is 4.74 Å². The van der Waals surface area contributed by atoms with Crippen molar-refractivity contribution >= 4 is 15.9 Å². The first-order valence-corrected chi connectivity index (χ1v) is 5.90. The van der Waals surface area contributed by atoms with E-state index < -0.39 is 0 Å². The lowest BCUT2D eigenvalue weighted by Gasteiger charge is -2.04. The van der Waals surface area contributed by atoms with Crippen molar-refractivity contribution in [1.82, 2.24) is 15.0 Å². The highest BCUT2D eigenvalue weighted by Gasteiger charge is 1.98. The molecule has 0 spiro atoms. The first-order valence-electron chi connectivity index (χ1n) is 4.78. The average Bonchev–Trinajstić information content (AvgIpc) is 2.38. The third-order valence-corrected chi connectivity index (χ3v) is 2.50. The van der Waals surface area contributed by atoms with E-state index in [0.29, 0.717) is 12.4 Å². The van der Waals surface area contributed by atoms with Crippen LogP contribution < -0.4 is 4.74 Å². The lowest BCUT2D eigenvalue weighted by Crippen LogP contribution is -2.00. The van der Waals surface area contributed by atoms with Crippen LogP contribution in [-0.2, 0) is 11.9 Å². The van der Waals surface area contributed by atoms with Gasteiger partial charge in [0.2, 0.25) is 0 Å². The molecule has 0 bridgehead atoms. The standard InChI is InChI=1S/C11H10BrN3O/c12-6-9-2-3-10(7-15-9)16-8-11-13-4-1-5-14-11/h1-5,7H,6,8H2. The van der Waals surface area contributed by atoms with Gasteiger partial charge in [-0.05, 0) is 18.2 Å². The largest absolute Gasteiger partial charge is 0.484 e. The smallest absolute Gasteiger partial charge is 0.166 e. The first kappa shape index (κ1) is 11.0. The number of nitrogens with zero attached hydrogens (tertiary/aromatic N) is 3. The van der Waals surface area contributed by atoms with Gasteiger partial charge in [0.15, 0.2) is 5.82 Å². The van der Waals surface area contributed by atoms with Crippen molar-refractivity contribution in [2.24, 2.45) is 0 Å². The van der Waals surface area contributed by atoms with Crippen LogP contribution in [-0.4, -0.2) is 15.0 Å². The summed E-state index contributed by atoms with van der Waals surface area (Å²) in [6, 6.07) is 5.57. The number of hydrogen-bond donors (Lipinski definition) is 0. The van der Waals surface area contributed by atoms with Crippen molar-refractivity contribution < 1.29 is 4.74 Å². The summed E-state index contributed by atoms with van der Waals surface area (Å²) in [5.74, 6) is 1.38. The van der Waals surface area contributed by atoms with E-state index in [1.54, 1.807) is 24.7 Å². The lowest BCUT2D eigenvalue weighted by molar-refractivity contribution is 0.294. The van der Waals surface area contributed by atoms with Crippen molar-refractivity contribution in [1.29, 1.82) is 0 Å². The molecule has 0 aliphatic heterocycles. The SMILES string of the molecule is BrCc1ccc(OCc2ncccn2)cn1. The Kier molecular flexibility index (Phi) is 3.82. The molecule has 0 saturated carbocycles. The third kappa shape index (κ3) is 3.00. The topological polar surface area (TPSA) is 47.9 Å². The summed E-state index contributed by atoms with van der Waals surface area (Å²) < 4.78 is 5.49. The van der Waals surface area contributed by atoms with Gasteiger partial charge in [-0.1, -0.05) is 15.9 Å². The number of ether oxygens (including phenoxy) is 1. The molecule has 0 atom stereocenters. The molecule has 2 aromatic rings. The molecule has 16 heavy (non-hydrogen) atoms. The Hall–Kier alpha value is -1.49. The molecule has 0 aliphatic rings. The number of pyridine rings is 1. The molecule has 0 saturated heterocycles. The van der Waals surface area contributed by atoms with Gasteiger partial charge >= 0.3 is 0 Å². The molecular formula is C11H10BrN3O. The second kappa shape index (κ2) is 5.55. The van der Waals surface area contributed by atoms with Crippen LogP contribution in [0.3, 0.4) is 0 Å². The van der Waals surface area contributed by atoms with Gasteiger partial charge in [0, 0.05) is 17.7 Å². The van der Waals surface area contributed by atoms with Crippen LogP contribution in [0.5, 0.6) is 5.75 Å². The van der Waals surface area contributed by atoms with E-state index in [2.05, 4.69) is 30.9 Å². The van der Waals surface area contributed by atoms with E-state index in [1.165, 1.54) is 0 Å². The van der Waals surface area contributed by atoms with E-state index in [-0.39, 0.29) is 0 Å². The Morgan fingerprint density at radius 2 is 1.94 bits per heavy atom. The zero-order valence-electron chi connectivity index (χ0n) is 8.51. The first-order chi connectivity index (χ1) is 7.88. The number of aromatic nitrogens is 3. The van der Waals surface area contributed by atoms with Crippen molar-refractivity contribution in [2.75, 3.05) is 0 Å². The molecule has 5 heteroatoms. The summed E-state index contributed by atoms with van der Waals surface area (Å²) in [7, 11) is 0. The van der Waals surface area contributed by atoms with Crippen molar-refractivity contribution in [3.05, 3.63) is 48.3 Å². The molecule has 2 heterocycles. The normalized spacial score (nSPS) is 10.1. The summed E-state index contributed by atoms with van der Waals surface area (Å²) >= 11 is 3.33. The Labute approximate surface area is 102 Å². The number of hydrogen-bond acceptors (Lipinski definition) is 4. The van der Waals surface area contributed by atoms with Crippen LogP contribution in [0.15, 0.2) is 36.8 Å². The van der Waals surface area contributed by atoms with E-state index in [1.807, 2.05) is 12.1 Å². The summed E-state index contributed by atoms with van der Waals surface area (Å²) in [6.07, 6.45) is 5.08. The van der Waals surface area contributed by atoms with Crippen LogP contribution in [0.4, 0.5) is 0 Å². The number of alkyl halides is 1. The zero-order valence-corrected chi connectivity index (χ0v) is 10.1. The molecular weight excluding hydrogens is 270 g/mol. The number of rotatable bonds is 4. The average molecular weight is 280 g/mol. The maximum absolute atomic E-state index is 5.49. The van der Waals surface area contributed by atoms with Crippen LogP contribution in [0, 0.1) is 0 Å². The highest BCUT2D eigenvalue weighted by atomic mass is 79.9. The molecule has 0 aliphatic carbocycles. The van der Waals surface area contributed by atoms with E-state index in [9.17, 15) is 0 Å². The molecule has 4 nitrogen and oxygen atoms in total. The van der Waals surface area contributed by atoms with E-state index >= 15 is 0 Å². The van der Waals surface area contributed by atoms with Gasteiger partial charge < -0.3 is 4.74 Å². The Bertz CT molecular complexity index is 433. The van der Waals surface area contributed by atoms with Gasteiger partial charge in [-0.3, -0.25) is 4.98 Å². The fraction of sp³-hybridized carbons (Fsp3) is 0.182. The minimum Gasteiger partial charge on any atom is -0.484 e. The van der Waals surface area contributed by atoms with Crippen molar-refractivity contribution in [3.8, 4) is 5.75 Å². The Morgan fingerprint density at radius 1 is 1.12 bits per heavy atom. The summed E-state index contributed by atoms with van der Waals surface area (Å²) in [5, 5.41) is 0.745. The second-order valence-corrected chi connectivity index (χ2v) is 3.63. The molecule has 0 N–H and O–H groups in total. The molecule has 2 aromatic heterocycles. The van der Waals surface area contributed by atoms with Gasteiger partial charge in [0.25, 0.3) is 0 Å². The van der Waals surface area contributed by atoms with E-state index in [0.717, 1.165) is 16.8 Å². The van der Waals surface area contributed by atoms with Crippen molar-refractivity contribution in [2.45, 2.75) is 11.9 Å². The molecule has 82 valence electrons. The fourth-order valence-electron chi connectivity index (χ4n) is 1.13. The maximum Gasteiger partial charge on any atom is 0.166 e. The predicted molar refractivity (Wildman–Crippen MR) is 63.2 cm³/mol. The molecule has 0 unspecified atom stereocenters. The van der Waals surface area contributed by atoms with Crippen molar-refractivity contribution in [3.63, 3.8) is 0 Å². The van der Waals surface area contributed by atoms with Crippen LogP contribution in [0.1, 0.15) is 11.5 Å². The summed E-state index contributed by atoms with van der Waals surface area (Å²) in [6.45, 7) is 0.357. The molecule has 0 amide bonds. The molecule has 0 fully saturated rings. The summed E-state index contributed by atoms with van der Waals surface area (Å²) in [5.41, 5.74) is 0.975. The Balaban J connectivity index is 1.94. The maximum atomic E-state index is 5.49. The minimum absolute atomic E-state index is 0.357. The monoisotopic (exact) mass is 279 g/mol. The zero-order chi connectivity index (χ0) is 11.2. The summed E-state index contributed by atoms with van der Waals surface area (Å²) in [4.78, 5) is 12.3. The van der Waals surface area contributed by atoms with Gasteiger partial charge in [0.05, 0.1) is 11.9 Å². The lowest BCUT2D eigenvalue weighted by atomic mass is 10.4. The minimum atomic E-state index is 0.357. The number of halogens is 1. The molecule has 0 radical (unpaired) electrons. The highest BCUT2D eigenvalue weighted by molar-refractivity contribution is 9.08. The van der Waals surface area contributed by atoms with Gasteiger partial charge in [-0.25, -0.2) is 9.97 Å². The van der Waals surface area contributed by atoms with Crippen LogP contribution in [0.25, 0.3) is 0 Å². The van der Waals surface area contributed by atoms with Gasteiger partial charge in [0.1, 0.15) is 12.4 Å². The third-order valence-electron chi connectivity index (χ3n) is 1.92. The predicted octanol–water partition coefficient (Wildman–Crippen LogP) is 2.35. The van der Waals surface area contributed by atoms with Gasteiger partial charge in [-0.15, -0.1) is 0 Å². The molecule has 0 aromatic carbocycles. The van der Waals surface area contributed by atoms with Crippen LogP contribution >= 0.6 is 15.9 Å². The quantitative estimate of drug-likeness (QED) is 0.806. The van der Waals surface area contributed by atoms with Gasteiger partial charge in [-0.2, -0.15) is 0 Å². The van der Waals surface area contributed by atoms with Crippen LogP contribution in [0.2, 0.25) is 0 Å². The highest BCUT2D eigenvalue weighted by Crippen LogP contribution is 2.11.